The summed E-state index contributed by atoms with van der Waals surface area (Å²) < 4.78 is 1.51. The van der Waals surface area contributed by atoms with Gasteiger partial charge in [0.25, 0.3) is 5.95 Å². The summed E-state index contributed by atoms with van der Waals surface area (Å²) in [5.41, 5.74) is 5.70. The molecule has 1 aliphatic carbocycles. The Morgan fingerprint density at radius 3 is 2.85 bits per heavy atom. The van der Waals surface area contributed by atoms with E-state index >= 15 is 0 Å². The first kappa shape index (κ1) is 12.8. The molecule has 2 aromatic rings. The van der Waals surface area contributed by atoms with Gasteiger partial charge >= 0.3 is 0 Å². The molecule has 0 aromatic carbocycles. The Hall–Kier alpha value is -2.22. The Morgan fingerprint density at radius 1 is 1.25 bits per heavy atom. The van der Waals surface area contributed by atoms with Crippen LogP contribution in [0.4, 0.5) is 11.9 Å². The average molecular weight is 275 g/mol. The Morgan fingerprint density at radius 2 is 2.10 bits per heavy atom. The van der Waals surface area contributed by atoms with E-state index in [9.17, 15) is 5.11 Å². The van der Waals surface area contributed by atoms with E-state index in [1.807, 2.05) is 0 Å². The number of hydrogen-bond donors (Lipinski definition) is 3. The molecule has 0 aliphatic heterocycles. The van der Waals surface area contributed by atoms with Crippen LogP contribution in [0.2, 0.25) is 0 Å². The van der Waals surface area contributed by atoms with E-state index in [2.05, 4.69) is 25.4 Å². The monoisotopic (exact) mass is 275 g/mol. The molecule has 2 atom stereocenters. The Labute approximate surface area is 116 Å². The van der Waals surface area contributed by atoms with E-state index in [1.165, 1.54) is 4.68 Å². The zero-order chi connectivity index (χ0) is 13.9. The van der Waals surface area contributed by atoms with Crippen molar-refractivity contribution in [1.29, 1.82) is 0 Å². The number of rotatable bonds is 3. The van der Waals surface area contributed by atoms with Crippen LogP contribution in [-0.2, 0) is 0 Å². The number of aliphatic hydroxyl groups excluding tert-OH is 1. The van der Waals surface area contributed by atoms with Gasteiger partial charge in [-0.15, -0.1) is 0 Å². The number of aromatic nitrogens is 5. The molecule has 0 spiro atoms. The highest BCUT2D eigenvalue weighted by Gasteiger charge is 2.23. The van der Waals surface area contributed by atoms with Crippen LogP contribution in [0.1, 0.15) is 25.7 Å². The molecule has 8 nitrogen and oxygen atoms in total. The molecule has 20 heavy (non-hydrogen) atoms. The van der Waals surface area contributed by atoms with E-state index in [-0.39, 0.29) is 18.1 Å². The lowest BCUT2D eigenvalue weighted by Gasteiger charge is -2.28. The summed E-state index contributed by atoms with van der Waals surface area (Å²) in [6.45, 7) is 0. The smallest absolute Gasteiger partial charge is 0.257 e. The van der Waals surface area contributed by atoms with Gasteiger partial charge in [0.1, 0.15) is 0 Å². The second-order valence-corrected chi connectivity index (χ2v) is 4.87. The van der Waals surface area contributed by atoms with Gasteiger partial charge in [-0.1, -0.05) is 12.8 Å². The normalized spacial score (nSPS) is 22.6. The predicted octanol–water partition coefficient (Wildman–Crippen LogP) is 0.355. The van der Waals surface area contributed by atoms with Crippen molar-refractivity contribution < 1.29 is 5.11 Å². The Balaban J connectivity index is 1.82. The summed E-state index contributed by atoms with van der Waals surface area (Å²) in [6.07, 6.45) is 6.81. The summed E-state index contributed by atoms with van der Waals surface area (Å²) in [4.78, 5) is 12.4. The third-order valence-electron chi connectivity index (χ3n) is 3.39. The van der Waals surface area contributed by atoms with Crippen LogP contribution in [0, 0.1) is 0 Å². The van der Waals surface area contributed by atoms with Gasteiger partial charge in [-0.3, -0.25) is 0 Å². The molecule has 0 saturated heterocycles. The number of anilines is 2. The lowest BCUT2D eigenvalue weighted by atomic mass is 9.93. The first-order valence-corrected chi connectivity index (χ1v) is 6.68. The minimum absolute atomic E-state index is 0.0454. The molecule has 2 heterocycles. The zero-order valence-electron chi connectivity index (χ0n) is 11.0. The van der Waals surface area contributed by atoms with Crippen LogP contribution in [0.25, 0.3) is 5.95 Å². The van der Waals surface area contributed by atoms with Crippen LogP contribution >= 0.6 is 0 Å². The van der Waals surface area contributed by atoms with Gasteiger partial charge in [-0.25, -0.2) is 4.68 Å². The maximum absolute atomic E-state index is 9.97. The molecular formula is C12H17N7O. The van der Waals surface area contributed by atoms with Crippen molar-refractivity contribution in [2.75, 3.05) is 11.1 Å². The number of nitrogen functional groups attached to an aromatic ring is 1. The lowest BCUT2D eigenvalue weighted by molar-refractivity contribution is 0.116. The predicted molar refractivity (Wildman–Crippen MR) is 73.2 cm³/mol. The molecule has 0 bridgehead atoms. The van der Waals surface area contributed by atoms with Gasteiger partial charge in [0.2, 0.25) is 11.9 Å². The van der Waals surface area contributed by atoms with Gasteiger partial charge in [-0.2, -0.15) is 20.1 Å². The Bertz CT molecular complexity index is 571. The molecule has 0 amide bonds. The number of nitrogens with zero attached hydrogens (tertiary/aromatic N) is 5. The zero-order valence-corrected chi connectivity index (χ0v) is 11.0. The molecule has 1 fully saturated rings. The summed E-state index contributed by atoms with van der Waals surface area (Å²) in [7, 11) is 0. The van der Waals surface area contributed by atoms with Crippen LogP contribution in [-0.4, -0.2) is 42.0 Å². The van der Waals surface area contributed by atoms with Crippen molar-refractivity contribution in [3.63, 3.8) is 0 Å². The highest BCUT2D eigenvalue weighted by Crippen LogP contribution is 2.21. The van der Waals surface area contributed by atoms with E-state index < -0.39 is 0 Å². The van der Waals surface area contributed by atoms with Crippen molar-refractivity contribution in [2.45, 2.75) is 37.8 Å². The summed E-state index contributed by atoms with van der Waals surface area (Å²) in [5, 5.41) is 17.2. The standard InChI is InChI=1S/C12H17N7O/c13-10-16-11(15-8-4-1-2-5-9(8)20)18-12(17-10)19-7-3-6-14-19/h3,6-9,20H,1-2,4-5H2,(H3,13,15,16,17,18). The fourth-order valence-corrected chi connectivity index (χ4v) is 2.38. The van der Waals surface area contributed by atoms with Crippen molar-refractivity contribution in [2.24, 2.45) is 0 Å². The quantitative estimate of drug-likeness (QED) is 0.740. The van der Waals surface area contributed by atoms with Crippen molar-refractivity contribution in [3.8, 4) is 5.95 Å². The number of nitrogens with two attached hydrogens (primary N) is 1. The number of aliphatic hydroxyl groups is 1. The molecule has 1 aliphatic rings. The fourth-order valence-electron chi connectivity index (χ4n) is 2.38. The SMILES string of the molecule is Nc1nc(NC2CCCCC2O)nc(-n2cccn2)n1. The molecule has 0 radical (unpaired) electrons. The summed E-state index contributed by atoms with van der Waals surface area (Å²) in [5.74, 6) is 0.850. The minimum Gasteiger partial charge on any atom is -0.391 e. The van der Waals surface area contributed by atoms with Gasteiger partial charge in [-0.05, 0) is 18.9 Å². The van der Waals surface area contributed by atoms with Gasteiger partial charge in [0.15, 0.2) is 0 Å². The van der Waals surface area contributed by atoms with Crippen molar-refractivity contribution in [1.82, 2.24) is 24.7 Å². The van der Waals surface area contributed by atoms with Crippen LogP contribution in [0.5, 0.6) is 0 Å². The fraction of sp³-hybridized carbons (Fsp3) is 0.500. The molecule has 4 N–H and O–H groups in total. The molecule has 2 unspecified atom stereocenters. The number of nitrogens with one attached hydrogen (secondary N) is 1. The van der Waals surface area contributed by atoms with Crippen LogP contribution in [0.15, 0.2) is 18.5 Å². The molecular weight excluding hydrogens is 258 g/mol. The lowest BCUT2D eigenvalue weighted by Crippen LogP contribution is -2.37. The molecule has 1 saturated carbocycles. The minimum atomic E-state index is -0.380. The van der Waals surface area contributed by atoms with Gasteiger partial charge in [0, 0.05) is 12.4 Å². The average Bonchev–Trinajstić information content (AvgIpc) is 2.95. The molecule has 106 valence electrons. The molecule has 8 heteroatoms. The van der Waals surface area contributed by atoms with Gasteiger partial charge < -0.3 is 16.2 Å². The summed E-state index contributed by atoms with van der Waals surface area (Å²) >= 11 is 0. The molecule has 3 rings (SSSR count). The molecule has 2 aromatic heterocycles. The third-order valence-corrected chi connectivity index (χ3v) is 3.39. The number of hydrogen-bond acceptors (Lipinski definition) is 7. The maximum atomic E-state index is 9.97. The summed E-state index contributed by atoms with van der Waals surface area (Å²) in [6, 6.07) is 1.73. The van der Waals surface area contributed by atoms with Gasteiger partial charge in [0.05, 0.1) is 12.1 Å². The first-order chi connectivity index (χ1) is 9.72. The van der Waals surface area contributed by atoms with E-state index in [1.54, 1.807) is 18.5 Å². The largest absolute Gasteiger partial charge is 0.391 e. The highest BCUT2D eigenvalue weighted by atomic mass is 16.3. The highest BCUT2D eigenvalue weighted by molar-refractivity contribution is 5.36. The maximum Gasteiger partial charge on any atom is 0.257 e. The third kappa shape index (κ3) is 2.69. The second kappa shape index (κ2) is 5.41. The first-order valence-electron chi connectivity index (χ1n) is 6.68. The van der Waals surface area contributed by atoms with Crippen molar-refractivity contribution >= 4 is 11.9 Å². The van der Waals surface area contributed by atoms with E-state index in [4.69, 9.17) is 5.73 Å². The topological polar surface area (TPSA) is 115 Å². The van der Waals surface area contributed by atoms with Crippen LogP contribution in [0.3, 0.4) is 0 Å². The van der Waals surface area contributed by atoms with E-state index in [0.29, 0.717) is 11.9 Å². The van der Waals surface area contributed by atoms with E-state index in [0.717, 1.165) is 25.7 Å². The van der Waals surface area contributed by atoms with Crippen molar-refractivity contribution in [3.05, 3.63) is 18.5 Å². The second-order valence-electron chi connectivity index (χ2n) is 4.87. The Kier molecular flexibility index (Phi) is 3.46. The van der Waals surface area contributed by atoms with Crippen LogP contribution < -0.4 is 11.1 Å².